The number of nitrogens with zero attached hydrogens (tertiary/aromatic N) is 2. The van der Waals surface area contributed by atoms with Gasteiger partial charge in [-0.05, 0) is 19.1 Å². The first kappa shape index (κ1) is 12.9. The number of benzene rings is 1. The van der Waals surface area contributed by atoms with Crippen molar-refractivity contribution in [2.45, 2.75) is 12.1 Å². The Kier molecular flexibility index (Phi) is 3.52. The highest BCUT2D eigenvalue weighted by Crippen LogP contribution is 2.22. The van der Waals surface area contributed by atoms with Gasteiger partial charge in [0.1, 0.15) is 5.69 Å². The van der Waals surface area contributed by atoms with Gasteiger partial charge in [0.15, 0.2) is 16.8 Å². The maximum Gasteiger partial charge on any atom is 0.190 e. The first-order valence-corrected chi connectivity index (χ1v) is 7.25. The molecule has 0 atom stereocenters. The van der Waals surface area contributed by atoms with E-state index in [0.717, 1.165) is 22.6 Å². The summed E-state index contributed by atoms with van der Waals surface area (Å²) < 4.78 is 0. The van der Waals surface area contributed by atoms with Gasteiger partial charge in [0, 0.05) is 11.8 Å². The van der Waals surface area contributed by atoms with Gasteiger partial charge < -0.3 is 4.98 Å². The second-order valence-corrected chi connectivity index (χ2v) is 5.43. The third-order valence-electron chi connectivity index (χ3n) is 2.94. The molecule has 0 fully saturated rings. The van der Waals surface area contributed by atoms with Crippen molar-refractivity contribution in [2.75, 3.05) is 5.75 Å². The summed E-state index contributed by atoms with van der Waals surface area (Å²) in [7, 11) is 0. The fraction of sp³-hybridized carbons (Fsp3) is 0.133. The molecule has 0 bridgehead atoms. The van der Waals surface area contributed by atoms with E-state index < -0.39 is 0 Å². The smallest absolute Gasteiger partial charge is 0.190 e. The van der Waals surface area contributed by atoms with Crippen LogP contribution in [0.4, 0.5) is 0 Å². The lowest BCUT2D eigenvalue weighted by molar-refractivity contribution is 0.102. The third-order valence-corrected chi connectivity index (χ3v) is 3.79. The molecule has 3 rings (SSSR count). The Morgan fingerprint density at radius 2 is 2.00 bits per heavy atom. The summed E-state index contributed by atoms with van der Waals surface area (Å²) in [5.41, 5.74) is 2.69. The number of imidazole rings is 1. The Morgan fingerprint density at radius 1 is 1.20 bits per heavy atom. The summed E-state index contributed by atoms with van der Waals surface area (Å²) in [5, 5.41) is 0.628. The lowest BCUT2D eigenvalue weighted by atomic mass is 10.1. The van der Waals surface area contributed by atoms with E-state index in [4.69, 9.17) is 0 Å². The van der Waals surface area contributed by atoms with E-state index in [0.29, 0.717) is 10.9 Å². The van der Waals surface area contributed by atoms with Crippen LogP contribution in [-0.4, -0.2) is 26.5 Å². The second kappa shape index (κ2) is 5.46. The number of nitrogens with one attached hydrogen (secondary N) is 1. The predicted molar refractivity (Wildman–Crippen MR) is 79.2 cm³/mol. The summed E-state index contributed by atoms with van der Waals surface area (Å²) >= 11 is 1.36. The summed E-state index contributed by atoms with van der Waals surface area (Å²) in [5.74, 6) is 1.19. The van der Waals surface area contributed by atoms with Crippen LogP contribution in [0.5, 0.6) is 0 Å². The van der Waals surface area contributed by atoms with E-state index in [1.54, 1.807) is 0 Å². The van der Waals surface area contributed by atoms with Gasteiger partial charge in [0.05, 0.1) is 5.75 Å². The molecule has 2 aliphatic heterocycles. The minimum absolute atomic E-state index is 0.0906. The van der Waals surface area contributed by atoms with E-state index in [1.165, 1.54) is 11.8 Å². The van der Waals surface area contributed by atoms with Crippen LogP contribution in [-0.2, 0) is 0 Å². The topological polar surface area (TPSA) is 58.6 Å². The number of rotatable bonds is 4. The molecule has 2 aliphatic rings. The highest BCUT2D eigenvalue weighted by Gasteiger charge is 2.12. The number of carbonyl (C=O) groups excluding carboxylic acids is 1. The number of aryl methyl sites for hydroxylation is 1. The number of hydrogen-bond acceptors (Lipinski definition) is 4. The van der Waals surface area contributed by atoms with Gasteiger partial charge in [-0.3, -0.25) is 4.79 Å². The first-order chi connectivity index (χ1) is 9.72. The van der Waals surface area contributed by atoms with Crippen LogP contribution < -0.4 is 0 Å². The van der Waals surface area contributed by atoms with Gasteiger partial charge in [-0.25, -0.2) is 9.97 Å². The molecule has 0 unspecified atom stereocenters. The van der Waals surface area contributed by atoms with Crippen molar-refractivity contribution in [1.82, 2.24) is 15.0 Å². The predicted octanol–water partition coefficient (Wildman–Crippen LogP) is 3.19. The van der Waals surface area contributed by atoms with Crippen molar-refractivity contribution in [3.05, 3.63) is 53.7 Å². The molecular weight excluding hydrogens is 270 g/mol. The number of hydrogen-bond donors (Lipinski definition) is 1. The summed E-state index contributed by atoms with van der Waals surface area (Å²) in [6, 6.07) is 11.4. The molecule has 1 aromatic rings. The van der Waals surface area contributed by atoms with Crippen molar-refractivity contribution in [3.63, 3.8) is 0 Å². The van der Waals surface area contributed by atoms with E-state index in [-0.39, 0.29) is 5.78 Å². The number of carbonyl (C=O) groups is 1. The van der Waals surface area contributed by atoms with Crippen molar-refractivity contribution < 1.29 is 4.79 Å². The first-order valence-electron chi connectivity index (χ1n) is 6.26. The van der Waals surface area contributed by atoms with Crippen LogP contribution in [0, 0.1) is 6.92 Å². The van der Waals surface area contributed by atoms with E-state index in [9.17, 15) is 4.79 Å². The van der Waals surface area contributed by atoms with Crippen LogP contribution >= 0.6 is 11.8 Å². The van der Waals surface area contributed by atoms with Gasteiger partial charge in [-0.1, -0.05) is 41.6 Å². The lowest BCUT2D eigenvalue weighted by Crippen LogP contribution is -2.02. The molecule has 0 spiro atoms. The molecule has 5 heteroatoms. The second-order valence-electron chi connectivity index (χ2n) is 4.49. The average molecular weight is 283 g/mol. The number of ketones is 1. The number of pyridine rings is 1. The lowest BCUT2D eigenvalue weighted by Gasteiger charge is -1.99. The average Bonchev–Trinajstić information content (AvgIpc) is 2.88. The minimum atomic E-state index is 0.0906. The standard InChI is InChI=1S/C15H13N3OS/c1-10-4-6-11(7-5-10)13(19)9-20-15-17-12-3-2-8-16-14(12)18-15/h2-8H,9H2,1H3,(H,16,17,18). The Bertz CT molecular complexity index is 675. The third kappa shape index (κ3) is 2.72. The summed E-state index contributed by atoms with van der Waals surface area (Å²) in [6.07, 6.45) is 1.81. The van der Waals surface area contributed by atoms with E-state index >= 15 is 0 Å². The van der Waals surface area contributed by atoms with Crippen molar-refractivity contribution in [1.29, 1.82) is 0 Å². The normalized spacial score (nSPS) is 10.8. The molecule has 2 heterocycles. The Balaban J connectivity index is 1.69. The molecule has 0 aliphatic carbocycles. The molecule has 0 saturated carbocycles. The van der Waals surface area contributed by atoms with E-state index in [2.05, 4.69) is 15.0 Å². The zero-order valence-corrected chi connectivity index (χ0v) is 11.8. The van der Waals surface area contributed by atoms with Crippen LogP contribution in [0.25, 0.3) is 11.5 Å². The molecule has 100 valence electrons. The number of Topliss-reactive ketones (excluding diaryl/α,β-unsaturated/α-hetero) is 1. The minimum Gasteiger partial charge on any atom is -0.345 e. The summed E-state index contributed by atoms with van der Waals surface area (Å²) in [4.78, 5) is 23.8. The van der Waals surface area contributed by atoms with Gasteiger partial charge in [0.2, 0.25) is 0 Å². The van der Waals surface area contributed by atoms with Crippen LogP contribution in [0.15, 0.2) is 47.8 Å². The zero-order chi connectivity index (χ0) is 13.9. The monoisotopic (exact) mass is 283 g/mol. The highest BCUT2D eigenvalue weighted by molar-refractivity contribution is 7.99. The highest BCUT2D eigenvalue weighted by atomic mass is 32.2. The molecule has 4 nitrogen and oxygen atoms in total. The number of H-pyrrole nitrogens is 1. The molecular formula is C15H13N3OS. The molecule has 1 aromatic carbocycles. The Morgan fingerprint density at radius 3 is 2.75 bits per heavy atom. The fourth-order valence-electron chi connectivity index (χ4n) is 1.84. The van der Waals surface area contributed by atoms with Gasteiger partial charge in [-0.2, -0.15) is 0 Å². The van der Waals surface area contributed by atoms with Gasteiger partial charge in [0.25, 0.3) is 0 Å². The van der Waals surface area contributed by atoms with Crippen molar-refractivity contribution in [2.24, 2.45) is 0 Å². The van der Waals surface area contributed by atoms with Crippen molar-refractivity contribution >= 4 is 17.5 Å². The Hall–Kier alpha value is -2.14. The molecule has 0 aromatic heterocycles. The number of aromatic nitrogens is 3. The van der Waals surface area contributed by atoms with Crippen molar-refractivity contribution in [3.8, 4) is 11.5 Å². The number of aromatic amines is 1. The van der Waals surface area contributed by atoms with Gasteiger partial charge >= 0.3 is 0 Å². The molecule has 0 amide bonds. The van der Waals surface area contributed by atoms with Crippen LogP contribution in [0.2, 0.25) is 0 Å². The van der Waals surface area contributed by atoms with Crippen LogP contribution in [0.1, 0.15) is 15.9 Å². The van der Waals surface area contributed by atoms with Crippen LogP contribution in [0.3, 0.4) is 0 Å². The molecule has 0 radical (unpaired) electrons. The zero-order valence-electron chi connectivity index (χ0n) is 11.0. The maximum atomic E-state index is 12.1. The quantitative estimate of drug-likeness (QED) is 0.590. The van der Waals surface area contributed by atoms with E-state index in [1.807, 2.05) is 49.5 Å². The molecule has 1 N–H and O–H groups in total. The SMILES string of the molecule is Cc1ccc(C(=O)CSc2nc3ccc[nH]c-3n2)cc1. The maximum absolute atomic E-state index is 12.1. The molecule has 20 heavy (non-hydrogen) atoms. The summed E-state index contributed by atoms with van der Waals surface area (Å²) in [6.45, 7) is 2.00. The van der Waals surface area contributed by atoms with Gasteiger partial charge in [-0.15, -0.1) is 0 Å². The molecule has 0 saturated heterocycles. The number of fused-ring (bicyclic) bond motifs is 1. The fourth-order valence-corrected chi connectivity index (χ4v) is 2.59. The number of thioether (sulfide) groups is 1. The largest absolute Gasteiger partial charge is 0.345 e. The Labute approximate surface area is 121 Å².